The van der Waals surface area contributed by atoms with E-state index in [1.807, 2.05) is 31.2 Å². The van der Waals surface area contributed by atoms with Crippen LogP contribution in [0, 0.1) is 6.92 Å². The first-order chi connectivity index (χ1) is 12.3. The van der Waals surface area contributed by atoms with Gasteiger partial charge < -0.3 is 9.84 Å². The summed E-state index contributed by atoms with van der Waals surface area (Å²) in [7, 11) is 0. The van der Waals surface area contributed by atoms with Crippen molar-refractivity contribution in [3.05, 3.63) is 87.1 Å². The molecule has 0 aliphatic carbocycles. The van der Waals surface area contributed by atoms with Gasteiger partial charge in [-0.2, -0.15) is 0 Å². The number of hydrogen-bond acceptors (Lipinski definition) is 3. The van der Waals surface area contributed by atoms with Gasteiger partial charge >= 0.3 is 5.97 Å². The number of aryl methyl sites for hydroxylation is 1. The van der Waals surface area contributed by atoms with Crippen molar-refractivity contribution < 1.29 is 14.6 Å². The van der Waals surface area contributed by atoms with Gasteiger partial charge in [-0.25, -0.2) is 4.79 Å². The van der Waals surface area contributed by atoms with Crippen LogP contribution in [0.4, 0.5) is 0 Å². The Morgan fingerprint density at radius 3 is 2.50 bits per heavy atom. The molecule has 2 aromatic carbocycles. The number of carbonyl (C=O) groups excluding carboxylic acids is 1. The molecule has 0 unspecified atom stereocenters. The van der Waals surface area contributed by atoms with Gasteiger partial charge in [-0.3, -0.25) is 0 Å². The van der Waals surface area contributed by atoms with E-state index in [1.165, 1.54) is 0 Å². The summed E-state index contributed by atoms with van der Waals surface area (Å²) in [6.07, 6.45) is 0.314. The second-order valence-electron chi connectivity index (χ2n) is 5.75. The van der Waals surface area contributed by atoms with Crippen molar-refractivity contribution in [3.8, 4) is 0 Å². The van der Waals surface area contributed by atoms with Gasteiger partial charge in [0.2, 0.25) is 0 Å². The van der Waals surface area contributed by atoms with Crippen molar-refractivity contribution in [2.24, 2.45) is 0 Å². The Hall–Kier alpha value is -2.23. The fourth-order valence-corrected chi connectivity index (χ4v) is 3.06. The van der Waals surface area contributed by atoms with Crippen LogP contribution in [0.3, 0.4) is 0 Å². The first-order valence-corrected chi connectivity index (χ1v) is 8.89. The smallest absolute Gasteiger partial charge is 0.342 e. The molecule has 2 rings (SSSR count). The summed E-state index contributed by atoms with van der Waals surface area (Å²) in [4.78, 5) is 12.5. The second kappa shape index (κ2) is 8.93. The highest BCUT2D eigenvalue weighted by Crippen LogP contribution is 2.33. The normalized spacial score (nSPS) is 11.7. The minimum absolute atomic E-state index is 0.0251. The van der Waals surface area contributed by atoms with E-state index >= 15 is 0 Å². The van der Waals surface area contributed by atoms with Crippen LogP contribution in [0.25, 0.3) is 5.57 Å². The molecule has 0 spiro atoms. The molecule has 5 heteroatoms. The Morgan fingerprint density at radius 1 is 1.19 bits per heavy atom. The number of halogens is 2. The summed E-state index contributed by atoms with van der Waals surface area (Å²) in [6.45, 7) is 7.34. The molecular formula is C21H20Cl2O3. The zero-order chi connectivity index (χ0) is 19.3. The molecule has 0 aromatic heterocycles. The number of aliphatic hydroxyl groups is 1. The molecule has 0 aliphatic rings. The molecule has 0 fully saturated rings. The molecule has 0 atom stereocenters. The van der Waals surface area contributed by atoms with Gasteiger partial charge in [0.1, 0.15) is 11.3 Å². The highest BCUT2D eigenvalue weighted by molar-refractivity contribution is 6.31. The number of esters is 1. The lowest BCUT2D eigenvalue weighted by molar-refractivity contribution is -0.138. The number of hydrogen-bond donors (Lipinski definition) is 1. The second-order valence-corrected chi connectivity index (χ2v) is 6.59. The number of aliphatic hydroxyl groups excluding tert-OH is 1. The van der Waals surface area contributed by atoms with Crippen LogP contribution >= 0.6 is 23.2 Å². The lowest BCUT2D eigenvalue weighted by atomic mass is 9.90. The first-order valence-electron chi connectivity index (χ1n) is 8.13. The number of allylic oxidation sites excluding steroid dienone is 1. The molecule has 0 saturated carbocycles. The van der Waals surface area contributed by atoms with Gasteiger partial charge in [-0.1, -0.05) is 54.0 Å². The van der Waals surface area contributed by atoms with Crippen molar-refractivity contribution in [3.63, 3.8) is 0 Å². The Balaban J connectivity index is 2.73. The molecule has 0 amide bonds. The predicted octanol–water partition coefficient (Wildman–Crippen LogP) is 5.93. The van der Waals surface area contributed by atoms with Gasteiger partial charge in [0, 0.05) is 16.5 Å². The van der Waals surface area contributed by atoms with Gasteiger partial charge in [-0.15, -0.1) is 0 Å². The maximum atomic E-state index is 12.5. The maximum Gasteiger partial charge on any atom is 0.342 e. The van der Waals surface area contributed by atoms with Gasteiger partial charge in [-0.05, 0) is 54.3 Å². The average Bonchev–Trinajstić information content (AvgIpc) is 2.58. The quantitative estimate of drug-likeness (QED) is 0.287. The molecule has 1 N–H and O–H groups in total. The lowest BCUT2D eigenvalue weighted by Crippen LogP contribution is -2.13. The Kier molecular flexibility index (Phi) is 6.90. The number of ether oxygens (including phenoxy) is 1. The Morgan fingerprint density at radius 2 is 1.88 bits per heavy atom. The van der Waals surface area contributed by atoms with E-state index in [1.54, 1.807) is 25.1 Å². The van der Waals surface area contributed by atoms with Crippen LogP contribution in [-0.2, 0) is 16.0 Å². The monoisotopic (exact) mass is 390 g/mol. The summed E-state index contributed by atoms with van der Waals surface area (Å²) in [5, 5.41) is 11.2. The van der Waals surface area contributed by atoms with Crippen molar-refractivity contribution in [1.29, 1.82) is 0 Å². The standard InChI is InChI=1S/C21H20Cl2O3/c1-4-26-21(25)20(14(3)24)18(11-15-7-5-6-8-19(15)23)17-12-16(22)10-9-13(17)2/h5-10,12,24H,3-4,11H2,1-2H3/b20-18+. The van der Waals surface area contributed by atoms with Crippen molar-refractivity contribution >= 4 is 34.7 Å². The fraction of sp³-hybridized carbons (Fsp3) is 0.190. The van der Waals surface area contributed by atoms with Crippen LogP contribution in [0.2, 0.25) is 10.0 Å². The van der Waals surface area contributed by atoms with E-state index in [0.29, 0.717) is 22.0 Å². The summed E-state index contributed by atoms with van der Waals surface area (Å²) < 4.78 is 5.12. The van der Waals surface area contributed by atoms with E-state index in [0.717, 1.165) is 16.7 Å². The van der Waals surface area contributed by atoms with Gasteiger partial charge in [0.15, 0.2) is 0 Å². The molecule has 0 aliphatic heterocycles. The van der Waals surface area contributed by atoms with Crippen molar-refractivity contribution in [1.82, 2.24) is 0 Å². The van der Waals surface area contributed by atoms with E-state index in [9.17, 15) is 9.90 Å². The Labute approximate surface area is 163 Å². The van der Waals surface area contributed by atoms with E-state index in [-0.39, 0.29) is 17.9 Å². The SMILES string of the molecule is C=C(O)/C(C(=O)OCC)=C(/Cc1ccccc1Cl)c1cc(Cl)ccc1C. The minimum atomic E-state index is -0.638. The summed E-state index contributed by atoms with van der Waals surface area (Å²) in [5.74, 6) is -0.994. The molecule has 3 nitrogen and oxygen atoms in total. The predicted molar refractivity (Wildman–Crippen MR) is 107 cm³/mol. The fourth-order valence-electron chi connectivity index (χ4n) is 2.69. The topological polar surface area (TPSA) is 46.5 Å². The highest BCUT2D eigenvalue weighted by Gasteiger charge is 2.23. The van der Waals surface area contributed by atoms with Crippen LogP contribution in [0.5, 0.6) is 0 Å². The zero-order valence-corrected chi connectivity index (χ0v) is 16.2. The largest absolute Gasteiger partial charge is 0.508 e. The molecule has 2 aromatic rings. The molecule has 0 radical (unpaired) electrons. The molecule has 0 bridgehead atoms. The summed E-state index contributed by atoms with van der Waals surface area (Å²) >= 11 is 12.5. The van der Waals surface area contributed by atoms with Gasteiger partial charge in [0.25, 0.3) is 0 Å². The van der Waals surface area contributed by atoms with E-state index < -0.39 is 5.97 Å². The highest BCUT2D eigenvalue weighted by atomic mass is 35.5. The third-order valence-electron chi connectivity index (χ3n) is 3.92. The van der Waals surface area contributed by atoms with E-state index in [2.05, 4.69) is 6.58 Å². The third kappa shape index (κ3) is 4.69. The van der Waals surface area contributed by atoms with Crippen molar-refractivity contribution in [2.75, 3.05) is 6.61 Å². The number of benzene rings is 2. The minimum Gasteiger partial charge on any atom is -0.508 e. The molecule has 0 saturated heterocycles. The maximum absolute atomic E-state index is 12.5. The zero-order valence-electron chi connectivity index (χ0n) is 14.7. The summed E-state index contributed by atoms with van der Waals surface area (Å²) in [6, 6.07) is 12.7. The molecule has 136 valence electrons. The van der Waals surface area contributed by atoms with Crippen LogP contribution < -0.4 is 0 Å². The molecule has 26 heavy (non-hydrogen) atoms. The summed E-state index contributed by atoms with van der Waals surface area (Å²) in [5.41, 5.74) is 3.03. The van der Waals surface area contributed by atoms with Crippen LogP contribution in [0.15, 0.2) is 60.4 Å². The van der Waals surface area contributed by atoms with Crippen molar-refractivity contribution in [2.45, 2.75) is 20.3 Å². The third-order valence-corrected chi connectivity index (χ3v) is 4.52. The van der Waals surface area contributed by atoms with Crippen LogP contribution in [-0.4, -0.2) is 17.7 Å². The lowest BCUT2D eigenvalue weighted by Gasteiger charge is -2.17. The molecule has 0 heterocycles. The van der Waals surface area contributed by atoms with Crippen LogP contribution in [0.1, 0.15) is 23.6 Å². The molecular weight excluding hydrogens is 371 g/mol. The number of rotatable bonds is 6. The Bertz CT molecular complexity index is 869. The number of carbonyl (C=O) groups is 1. The average molecular weight is 391 g/mol. The first kappa shape index (κ1) is 20.1. The van der Waals surface area contributed by atoms with Gasteiger partial charge in [0.05, 0.1) is 6.61 Å². The van der Waals surface area contributed by atoms with E-state index in [4.69, 9.17) is 27.9 Å².